The number of amides is 1. The number of hydrogen-bond acceptors (Lipinski definition) is 7. The number of esters is 1. The first-order chi connectivity index (χ1) is 26.3. The molecule has 0 heterocycles. The van der Waals surface area contributed by atoms with E-state index in [1.165, 1.54) is 109 Å². The fraction of sp³-hybridized carbons (Fsp3) is 0.818. The van der Waals surface area contributed by atoms with Gasteiger partial charge in [0.2, 0.25) is 5.91 Å². The highest BCUT2D eigenvalue weighted by Crippen LogP contribution is 2.42. The average molecular weight is 784 g/mol. The van der Waals surface area contributed by atoms with Crippen LogP contribution in [0.15, 0.2) is 36.5 Å². The molecule has 54 heavy (non-hydrogen) atoms. The summed E-state index contributed by atoms with van der Waals surface area (Å²) in [6.45, 7) is 3.42. The molecule has 0 aromatic rings. The third-order valence-corrected chi connectivity index (χ3v) is 10.3. The number of carbonyl (C=O) groups excluding carboxylic acids is 2. The first-order valence-corrected chi connectivity index (χ1v) is 23.5. The van der Waals surface area contributed by atoms with Gasteiger partial charge in [-0.15, -0.1) is 0 Å². The first-order valence-electron chi connectivity index (χ1n) is 22.0. The zero-order valence-corrected chi connectivity index (χ0v) is 35.6. The number of aliphatic hydroxyl groups is 1. The summed E-state index contributed by atoms with van der Waals surface area (Å²) in [6.07, 6.45) is 45.1. The maximum absolute atomic E-state index is 12.1. The largest absolute Gasteiger partial charge is 0.472 e. The fourth-order valence-electron chi connectivity index (χ4n) is 6.04. The lowest BCUT2D eigenvalue weighted by Gasteiger charge is -2.15. The lowest BCUT2D eigenvalue weighted by atomic mass is 10.0. The van der Waals surface area contributed by atoms with E-state index in [0.717, 1.165) is 57.8 Å². The molecule has 0 aromatic carbocycles. The number of ether oxygens (including phenoxy) is 1. The van der Waals surface area contributed by atoms with Gasteiger partial charge < -0.3 is 20.1 Å². The average Bonchev–Trinajstić information content (AvgIpc) is 3.16. The third-order valence-electron chi connectivity index (χ3n) is 9.33. The van der Waals surface area contributed by atoms with Gasteiger partial charge in [0.1, 0.15) is 12.7 Å². The molecule has 0 saturated heterocycles. The van der Waals surface area contributed by atoms with E-state index in [0.29, 0.717) is 12.8 Å². The van der Waals surface area contributed by atoms with Crippen LogP contribution in [-0.4, -0.2) is 54.3 Å². The van der Waals surface area contributed by atoms with Gasteiger partial charge in [0, 0.05) is 19.4 Å². The van der Waals surface area contributed by atoms with Crippen molar-refractivity contribution in [3.8, 4) is 0 Å². The molecule has 0 bridgehead atoms. The van der Waals surface area contributed by atoms with Crippen molar-refractivity contribution in [1.29, 1.82) is 0 Å². The van der Waals surface area contributed by atoms with Crippen LogP contribution in [0.2, 0.25) is 0 Å². The van der Waals surface area contributed by atoms with Gasteiger partial charge in [-0.2, -0.15) is 0 Å². The SMILES string of the molecule is CC/C=C\C/C=C\C/C=C\CCCCCC(=O)OCC(O)COP(=O)(O)OCCNC(=O)CCCCCCCCCCCCCCCCCCCCCC. The molecule has 0 saturated carbocycles. The normalized spacial score (nSPS) is 13.6. The number of hydrogen-bond donors (Lipinski definition) is 3. The van der Waals surface area contributed by atoms with Crippen LogP contribution >= 0.6 is 7.82 Å². The van der Waals surface area contributed by atoms with E-state index in [4.69, 9.17) is 13.8 Å². The molecule has 316 valence electrons. The Labute approximate surface area is 331 Å². The van der Waals surface area contributed by atoms with Crippen molar-refractivity contribution in [1.82, 2.24) is 5.32 Å². The maximum atomic E-state index is 12.1. The zero-order valence-electron chi connectivity index (χ0n) is 34.7. The quantitative estimate of drug-likeness (QED) is 0.0242. The molecule has 1 amide bonds. The summed E-state index contributed by atoms with van der Waals surface area (Å²) < 4.78 is 26.8. The van der Waals surface area contributed by atoms with Crippen molar-refractivity contribution in [2.75, 3.05) is 26.4 Å². The Morgan fingerprint density at radius 1 is 0.593 bits per heavy atom. The standard InChI is InChI=1S/C44H82NO8P/c1-3-5-7-9-11-13-15-17-18-19-20-21-22-23-25-26-28-30-32-34-36-43(47)45-38-39-52-54(49,50)53-41-42(46)40-51-44(48)37-35-33-31-29-27-24-16-14-12-10-8-6-4-2/h6,8,12,14,24,27,42,46H,3-5,7,9-11,13,15-23,25-26,28-41H2,1-2H3,(H,45,47)(H,49,50)/b8-6-,14-12-,27-24-. The fourth-order valence-corrected chi connectivity index (χ4v) is 6.80. The number of nitrogens with one attached hydrogen (secondary N) is 1. The molecule has 0 aliphatic rings. The van der Waals surface area contributed by atoms with Crippen molar-refractivity contribution in [2.45, 2.75) is 206 Å². The number of aliphatic hydroxyl groups excluding tert-OH is 1. The minimum atomic E-state index is -4.42. The Bertz CT molecular complexity index is 986. The maximum Gasteiger partial charge on any atom is 0.472 e. The Morgan fingerprint density at radius 2 is 1.06 bits per heavy atom. The van der Waals surface area contributed by atoms with Gasteiger partial charge in [-0.1, -0.05) is 179 Å². The summed E-state index contributed by atoms with van der Waals surface area (Å²) in [5.41, 5.74) is 0. The topological polar surface area (TPSA) is 131 Å². The molecule has 10 heteroatoms. The van der Waals surface area contributed by atoms with E-state index in [9.17, 15) is 24.2 Å². The van der Waals surface area contributed by atoms with Crippen LogP contribution in [0.4, 0.5) is 0 Å². The van der Waals surface area contributed by atoms with Crippen LogP contribution < -0.4 is 5.32 Å². The van der Waals surface area contributed by atoms with E-state index >= 15 is 0 Å². The monoisotopic (exact) mass is 784 g/mol. The van der Waals surface area contributed by atoms with Gasteiger partial charge in [0.25, 0.3) is 0 Å². The smallest absolute Gasteiger partial charge is 0.463 e. The summed E-state index contributed by atoms with van der Waals surface area (Å²) in [5, 5.41) is 12.7. The second-order valence-electron chi connectivity index (χ2n) is 14.6. The van der Waals surface area contributed by atoms with Crippen LogP contribution in [0.5, 0.6) is 0 Å². The third kappa shape index (κ3) is 41.4. The Kier molecular flexibility index (Phi) is 39.5. The molecule has 0 spiro atoms. The summed E-state index contributed by atoms with van der Waals surface area (Å²) in [4.78, 5) is 33.9. The van der Waals surface area contributed by atoms with Crippen molar-refractivity contribution in [3.05, 3.63) is 36.5 Å². The van der Waals surface area contributed by atoms with Crippen LogP contribution in [0.3, 0.4) is 0 Å². The number of carbonyl (C=O) groups is 2. The second-order valence-corrected chi connectivity index (χ2v) is 16.1. The molecule has 0 fully saturated rings. The van der Waals surface area contributed by atoms with Crippen molar-refractivity contribution in [3.63, 3.8) is 0 Å². The first kappa shape index (κ1) is 52.2. The van der Waals surface area contributed by atoms with Crippen molar-refractivity contribution in [2.24, 2.45) is 0 Å². The van der Waals surface area contributed by atoms with Gasteiger partial charge in [-0.3, -0.25) is 18.6 Å². The molecule has 3 N–H and O–H groups in total. The summed E-state index contributed by atoms with van der Waals surface area (Å²) in [6, 6.07) is 0. The molecular formula is C44H82NO8P. The highest BCUT2D eigenvalue weighted by Gasteiger charge is 2.23. The number of phosphoric ester groups is 1. The number of rotatable bonds is 41. The van der Waals surface area contributed by atoms with E-state index in [1.54, 1.807) is 0 Å². The second kappa shape index (κ2) is 40.9. The van der Waals surface area contributed by atoms with Gasteiger partial charge >= 0.3 is 13.8 Å². The summed E-state index contributed by atoms with van der Waals surface area (Å²) in [5.74, 6) is -0.542. The Morgan fingerprint density at radius 3 is 1.59 bits per heavy atom. The lowest BCUT2D eigenvalue weighted by Crippen LogP contribution is -2.27. The molecule has 0 aromatic heterocycles. The van der Waals surface area contributed by atoms with Gasteiger partial charge in [0.05, 0.1) is 13.2 Å². The number of allylic oxidation sites excluding steroid dienone is 6. The molecular weight excluding hydrogens is 701 g/mol. The molecule has 2 atom stereocenters. The van der Waals surface area contributed by atoms with Gasteiger partial charge in [-0.25, -0.2) is 4.57 Å². The van der Waals surface area contributed by atoms with E-state index in [1.807, 2.05) is 0 Å². The lowest BCUT2D eigenvalue weighted by molar-refractivity contribution is -0.147. The molecule has 0 aliphatic heterocycles. The molecule has 9 nitrogen and oxygen atoms in total. The van der Waals surface area contributed by atoms with E-state index in [2.05, 4.69) is 55.6 Å². The zero-order chi connectivity index (χ0) is 39.6. The van der Waals surface area contributed by atoms with E-state index in [-0.39, 0.29) is 32.1 Å². The van der Waals surface area contributed by atoms with Gasteiger partial charge in [0.15, 0.2) is 0 Å². The molecule has 2 unspecified atom stereocenters. The highest BCUT2D eigenvalue weighted by molar-refractivity contribution is 7.47. The van der Waals surface area contributed by atoms with Crippen LogP contribution in [0.1, 0.15) is 200 Å². The Hall–Kier alpha value is -1.77. The van der Waals surface area contributed by atoms with Crippen molar-refractivity contribution >= 4 is 19.7 Å². The molecule has 0 aliphatic carbocycles. The van der Waals surface area contributed by atoms with Crippen LogP contribution in [0.25, 0.3) is 0 Å². The summed E-state index contributed by atoms with van der Waals surface area (Å²) >= 11 is 0. The minimum Gasteiger partial charge on any atom is -0.463 e. The predicted octanol–water partition coefficient (Wildman–Crippen LogP) is 12.2. The number of phosphoric acid groups is 1. The van der Waals surface area contributed by atoms with Crippen molar-refractivity contribution < 1.29 is 37.9 Å². The predicted molar refractivity (Wildman–Crippen MR) is 224 cm³/mol. The van der Waals surface area contributed by atoms with E-state index < -0.39 is 26.5 Å². The molecule has 0 rings (SSSR count). The number of unbranched alkanes of at least 4 members (excludes halogenated alkanes) is 22. The highest BCUT2D eigenvalue weighted by atomic mass is 31.2. The Balaban J connectivity index is 3.58. The molecule has 0 radical (unpaired) electrons. The van der Waals surface area contributed by atoms with Crippen LogP contribution in [0, 0.1) is 0 Å². The van der Waals surface area contributed by atoms with Gasteiger partial charge in [-0.05, 0) is 44.9 Å². The van der Waals surface area contributed by atoms with Crippen LogP contribution in [-0.2, 0) is 27.9 Å². The summed E-state index contributed by atoms with van der Waals surface area (Å²) in [7, 11) is -4.42. The minimum absolute atomic E-state index is 0.0803.